The summed E-state index contributed by atoms with van der Waals surface area (Å²) in [5.41, 5.74) is 1.19. The minimum Gasteiger partial charge on any atom is -0.392 e. The van der Waals surface area contributed by atoms with Gasteiger partial charge in [-0.15, -0.1) is 0 Å². The van der Waals surface area contributed by atoms with Crippen molar-refractivity contribution < 1.29 is 13.5 Å². The number of aliphatic hydroxyl groups is 1. The molecular formula is C13H12BrNO3S. The zero-order valence-electron chi connectivity index (χ0n) is 9.88. The third-order valence-electron chi connectivity index (χ3n) is 2.51. The maximum Gasteiger partial charge on any atom is 0.261 e. The lowest BCUT2D eigenvalue weighted by Crippen LogP contribution is -2.12. The van der Waals surface area contributed by atoms with Crippen LogP contribution in [-0.4, -0.2) is 13.5 Å². The predicted molar refractivity (Wildman–Crippen MR) is 77.3 cm³/mol. The van der Waals surface area contributed by atoms with Crippen molar-refractivity contribution in [2.75, 3.05) is 4.72 Å². The molecule has 0 saturated heterocycles. The van der Waals surface area contributed by atoms with Crippen LogP contribution in [0.2, 0.25) is 0 Å². The van der Waals surface area contributed by atoms with Crippen molar-refractivity contribution in [2.24, 2.45) is 0 Å². The molecule has 19 heavy (non-hydrogen) atoms. The third kappa shape index (κ3) is 3.56. The fraction of sp³-hybridized carbons (Fsp3) is 0.0769. The number of aliphatic hydroxyl groups excluding tert-OH is 1. The van der Waals surface area contributed by atoms with E-state index in [1.165, 1.54) is 12.1 Å². The average molecular weight is 342 g/mol. The van der Waals surface area contributed by atoms with E-state index in [1.54, 1.807) is 36.4 Å². The summed E-state index contributed by atoms with van der Waals surface area (Å²) in [5.74, 6) is 0. The molecule has 0 bridgehead atoms. The van der Waals surface area contributed by atoms with Crippen LogP contribution in [0.5, 0.6) is 0 Å². The van der Waals surface area contributed by atoms with Gasteiger partial charge < -0.3 is 5.11 Å². The molecule has 2 N–H and O–H groups in total. The highest BCUT2D eigenvalue weighted by molar-refractivity contribution is 9.10. The zero-order valence-corrected chi connectivity index (χ0v) is 12.3. The Bertz CT molecular complexity index is 651. The van der Waals surface area contributed by atoms with Gasteiger partial charge in [-0.25, -0.2) is 8.42 Å². The van der Waals surface area contributed by atoms with Crippen LogP contribution in [0.25, 0.3) is 0 Å². The maximum atomic E-state index is 12.1. The number of nitrogens with one attached hydrogen (secondary N) is 1. The summed E-state index contributed by atoms with van der Waals surface area (Å²) in [5, 5.41) is 8.92. The Morgan fingerprint density at radius 2 is 1.58 bits per heavy atom. The lowest BCUT2D eigenvalue weighted by molar-refractivity contribution is 0.282. The summed E-state index contributed by atoms with van der Waals surface area (Å²) in [6.07, 6.45) is 0. The largest absolute Gasteiger partial charge is 0.392 e. The summed E-state index contributed by atoms with van der Waals surface area (Å²) >= 11 is 3.26. The highest BCUT2D eigenvalue weighted by Crippen LogP contribution is 2.18. The van der Waals surface area contributed by atoms with Crippen molar-refractivity contribution >= 4 is 31.6 Å². The van der Waals surface area contributed by atoms with Crippen molar-refractivity contribution in [3.05, 3.63) is 58.6 Å². The van der Waals surface area contributed by atoms with Gasteiger partial charge in [0.2, 0.25) is 0 Å². The van der Waals surface area contributed by atoms with Gasteiger partial charge in [0.25, 0.3) is 10.0 Å². The van der Waals surface area contributed by atoms with Gasteiger partial charge in [0, 0.05) is 10.2 Å². The number of sulfonamides is 1. The second-order valence-corrected chi connectivity index (χ2v) is 6.51. The smallest absolute Gasteiger partial charge is 0.261 e. The van der Waals surface area contributed by atoms with E-state index in [9.17, 15) is 8.42 Å². The van der Waals surface area contributed by atoms with Gasteiger partial charge in [0.1, 0.15) is 0 Å². The first-order valence-corrected chi connectivity index (χ1v) is 7.77. The molecule has 2 aromatic rings. The van der Waals surface area contributed by atoms with Gasteiger partial charge in [-0.1, -0.05) is 28.1 Å². The normalized spacial score (nSPS) is 11.3. The molecular weight excluding hydrogens is 330 g/mol. The molecule has 100 valence electrons. The number of rotatable bonds is 4. The Morgan fingerprint density at radius 3 is 2.11 bits per heavy atom. The van der Waals surface area contributed by atoms with Crippen LogP contribution in [0, 0.1) is 0 Å². The molecule has 0 spiro atoms. The summed E-state index contributed by atoms with van der Waals surface area (Å²) in [7, 11) is -3.58. The van der Waals surface area contributed by atoms with E-state index in [0.29, 0.717) is 5.69 Å². The minimum atomic E-state index is -3.58. The molecule has 4 nitrogen and oxygen atoms in total. The van der Waals surface area contributed by atoms with Crippen LogP contribution >= 0.6 is 15.9 Å². The molecule has 2 rings (SSSR count). The quantitative estimate of drug-likeness (QED) is 0.898. The molecule has 0 aromatic heterocycles. The van der Waals surface area contributed by atoms with Gasteiger partial charge in [-0.05, 0) is 42.0 Å². The van der Waals surface area contributed by atoms with E-state index >= 15 is 0 Å². The molecule has 0 heterocycles. The Kier molecular flexibility index (Phi) is 4.24. The SMILES string of the molecule is O=S(=O)(Nc1ccc(CO)cc1)c1ccc(Br)cc1. The van der Waals surface area contributed by atoms with Crippen LogP contribution in [0.3, 0.4) is 0 Å². The Hall–Kier alpha value is -1.37. The molecule has 6 heteroatoms. The fourth-order valence-corrected chi connectivity index (χ4v) is 2.83. The number of hydrogen-bond acceptors (Lipinski definition) is 3. The number of anilines is 1. The topological polar surface area (TPSA) is 66.4 Å². The van der Waals surface area contributed by atoms with Crippen molar-refractivity contribution in [1.29, 1.82) is 0 Å². The molecule has 0 atom stereocenters. The highest BCUT2D eigenvalue weighted by Gasteiger charge is 2.13. The molecule has 0 fully saturated rings. The minimum absolute atomic E-state index is 0.0697. The first-order chi connectivity index (χ1) is 9.01. The van der Waals surface area contributed by atoms with E-state index in [-0.39, 0.29) is 11.5 Å². The van der Waals surface area contributed by atoms with Crippen LogP contribution < -0.4 is 4.72 Å². The van der Waals surface area contributed by atoms with Crippen molar-refractivity contribution in [1.82, 2.24) is 0 Å². The standard InChI is InChI=1S/C13H12BrNO3S/c14-11-3-7-13(8-4-11)19(17,18)15-12-5-1-10(9-16)2-6-12/h1-8,15-16H,9H2. The molecule has 0 aliphatic carbocycles. The van der Waals surface area contributed by atoms with E-state index in [4.69, 9.17) is 5.11 Å². The summed E-state index contributed by atoms with van der Waals surface area (Å²) in [6.45, 7) is -0.0697. The number of benzene rings is 2. The lowest BCUT2D eigenvalue weighted by Gasteiger charge is -2.08. The molecule has 0 radical (unpaired) electrons. The van der Waals surface area contributed by atoms with Gasteiger partial charge in [0.05, 0.1) is 11.5 Å². The number of halogens is 1. The number of hydrogen-bond donors (Lipinski definition) is 2. The van der Waals surface area contributed by atoms with E-state index in [0.717, 1.165) is 10.0 Å². The van der Waals surface area contributed by atoms with Gasteiger partial charge in [-0.2, -0.15) is 0 Å². The Morgan fingerprint density at radius 1 is 1.00 bits per heavy atom. The summed E-state index contributed by atoms with van der Waals surface area (Å²) in [4.78, 5) is 0.196. The van der Waals surface area contributed by atoms with E-state index in [2.05, 4.69) is 20.7 Å². The second-order valence-electron chi connectivity index (χ2n) is 3.91. The highest BCUT2D eigenvalue weighted by atomic mass is 79.9. The zero-order chi connectivity index (χ0) is 13.9. The lowest BCUT2D eigenvalue weighted by atomic mass is 10.2. The van der Waals surface area contributed by atoms with Crippen molar-refractivity contribution in [2.45, 2.75) is 11.5 Å². The average Bonchev–Trinajstić information content (AvgIpc) is 2.40. The van der Waals surface area contributed by atoms with Gasteiger partial charge in [-0.3, -0.25) is 4.72 Å². The van der Waals surface area contributed by atoms with Gasteiger partial charge in [0.15, 0.2) is 0 Å². The first kappa shape index (κ1) is 14.0. The monoisotopic (exact) mass is 341 g/mol. The maximum absolute atomic E-state index is 12.1. The molecule has 0 amide bonds. The first-order valence-electron chi connectivity index (χ1n) is 5.49. The van der Waals surface area contributed by atoms with Crippen LogP contribution in [0.15, 0.2) is 57.9 Å². The summed E-state index contributed by atoms with van der Waals surface area (Å²) < 4.78 is 27.5. The van der Waals surface area contributed by atoms with E-state index < -0.39 is 10.0 Å². The molecule has 0 aliphatic heterocycles. The fourth-order valence-electron chi connectivity index (χ4n) is 1.51. The Balaban J connectivity index is 2.23. The van der Waals surface area contributed by atoms with Gasteiger partial charge >= 0.3 is 0 Å². The van der Waals surface area contributed by atoms with Crippen LogP contribution in [-0.2, 0) is 16.6 Å². The van der Waals surface area contributed by atoms with Crippen LogP contribution in [0.1, 0.15) is 5.56 Å². The molecule has 0 aliphatic rings. The van der Waals surface area contributed by atoms with E-state index in [1.807, 2.05) is 0 Å². The molecule has 0 saturated carbocycles. The second kappa shape index (κ2) is 5.73. The van der Waals surface area contributed by atoms with Crippen molar-refractivity contribution in [3.8, 4) is 0 Å². The third-order valence-corrected chi connectivity index (χ3v) is 4.44. The Labute approximate surface area is 120 Å². The molecule has 2 aromatic carbocycles. The predicted octanol–water partition coefficient (Wildman–Crippen LogP) is 2.74. The van der Waals surface area contributed by atoms with Crippen molar-refractivity contribution in [3.63, 3.8) is 0 Å². The van der Waals surface area contributed by atoms with Crippen LogP contribution in [0.4, 0.5) is 5.69 Å². The molecule has 0 unspecified atom stereocenters. The summed E-state index contributed by atoms with van der Waals surface area (Å²) in [6, 6.07) is 12.9.